The van der Waals surface area contributed by atoms with Gasteiger partial charge in [-0.2, -0.15) is 0 Å². The van der Waals surface area contributed by atoms with Gasteiger partial charge in [-0.1, -0.05) is 49.7 Å². The molecule has 7 heteroatoms. The van der Waals surface area contributed by atoms with Crippen LogP contribution in [0, 0.1) is 12.8 Å². The fourth-order valence-electron chi connectivity index (χ4n) is 4.59. The summed E-state index contributed by atoms with van der Waals surface area (Å²) in [5, 5.41) is 2.93. The molecule has 3 amide bonds. The van der Waals surface area contributed by atoms with Gasteiger partial charge in [-0.05, 0) is 31.2 Å². The minimum absolute atomic E-state index is 0.0846. The van der Waals surface area contributed by atoms with E-state index < -0.39 is 11.8 Å². The van der Waals surface area contributed by atoms with Crippen LogP contribution in [0.4, 0.5) is 5.69 Å². The van der Waals surface area contributed by atoms with E-state index >= 15 is 0 Å². The minimum Gasteiger partial charge on any atom is -0.353 e. The highest BCUT2D eigenvalue weighted by molar-refractivity contribution is 6.02. The highest BCUT2D eigenvalue weighted by atomic mass is 16.5. The quantitative estimate of drug-likeness (QED) is 0.776. The van der Waals surface area contributed by atoms with E-state index in [2.05, 4.69) is 5.32 Å². The van der Waals surface area contributed by atoms with Crippen molar-refractivity contribution in [1.82, 2.24) is 9.80 Å². The molecule has 1 N–H and O–H groups in total. The van der Waals surface area contributed by atoms with Crippen LogP contribution in [0.15, 0.2) is 54.6 Å². The summed E-state index contributed by atoms with van der Waals surface area (Å²) in [5.41, 5.74) is 1.38. The maximum atomic E-state index is 13.6. The standard InChI is InChI=1S/C26H31N3O4/c1-18(2)24(31)28-15-13-26(14-16-28)29(25(32)20-7-5-4-6-8-20)22(17-33-26)23(30)27-21-11-9-19(3)10-12-21/h4-12,18,22H,13-17H2,1-3H3,(H,27,30)/t22-/m0/s1. The Morgan fingerprint density at radius 3 is 2.24 bits per heavy atom. The van der Waals surface area contributed by atoms with Crippen molar-refractivity contribution in [2.75, 3.05) is 25.0 Å². The molecule has 2 saturated heterocycles. The van der Waals surface area contributed by atoms with Gasteiger partial charge in [0.1, 0.15) is 11.8 Å². The molecular weight excluding hydrogens is 418 g/mol. The summed E-state index contributed by atoms with van der Waals surface area (Å²) in [4.78, 5) is 42.8. The Balaban J connectivity index is 1.59. The van der Waals surface area contributed by atoms with Crippen molar-refractivity contribution in [3.05, 3.63) is 65.7 Å². The number of nitrogens with one attached hydrogen (secondary N) is 1. The molecule has 174 valence electrons. The topological polar surface area (TPSA) is 79.0 Å². The Hall–Kier alpha value is -3.19. The lowest BCUT2D eigenvalue weighted by Crippen LogP contribution is -2.59. The Morgan fingerprint density at radius 1 is 1.00 bits per heavy atom. The fraction of sp³-hybridized carbons (Fsp3) is 0.423. The van der Waals surface area contributed by atoms with E-state index in [0.29, 0.717) is 37.2 Å². The van der Waals surface area contributed by atoms with Gasteiger partial charge in [0.2, 0.25) is 11.8 Å². The average Bonchev–Trinajstić information content (AvgIpc) is 3.19. The molecule has 0 radical (unpaired) electrons. The van der Waals surface area contributed by atoms with E-state index in [1.807, 2.05) is 68.1 Å². The maximum absolute atomic E-state index is 13.6. The first-order valence-corrected chi connectivity index (χ1v) is 11.5. The van der Waals surface area contributed by atoms with Gasteiger partial charge in [-0.25, -0.2) is 0 Å². The fourth-order valence-corrected chi connectivity index (χ4v) is 4.59. The Bertz CT molecular complexity index is 1010. The van der Waals surface area contributed by atoms with Crippen LogP contribution in [0.5, 0.6) is 0 Å². The molecule has 2 heterocycles. The van der Waals surface area contributed by atoms with E-state index in [4.69, 9.17) is 4.74 Å². The predicted molar refractivity (Wildman–Crippen MR) is 126 cm³/mol. The van der Waals surface area contributed by atoms with E-state index in [1.54, 1.807) is 17.0 Å². The van der Waals surface area contributed by atoms with Crippen molar-refractivity contribution in [3.8, 4) is 0 Å². The molecule has 2 fully saturated rings. The number of hydrogen-bond donors (Lipinski definition) is 1. The molecule has 0 aromatic heterocycles. The maximum Gasteiger partial charge on any atom is 0.256 e. The van der Waals surface area contributed by atoms with Crippen molar-refractivity contribution in [2.45, 2.75) is 45.4 Å². The molecular formula is C26H31N3O4. The lowest BCUT2D eigenvalue weighted by molar-refractivity contribution is -0.146. The number of carbonyl (C=O) groups is 3. The SMILES string of the molecule is Cc1ccc(NC(=O)[C@@H]2COC3(CCN(C(=O)C(C)C)CC3)N2C(=O)c2ccccc2)cc1. The average molecular weight is 450 g/mol. The van der Waals surface area contributed by atoms with Gasteiger partial charge in [0.05, 0.1) is 6.61 Å². The lowest BCUT2D eigenvalue weighted by atomic mass is 9.95. The molecule has 1 atom stereocenters. The van der Waals surface area contributed by atoms with Crippen molar-refractivity contribution >= 4 is 23.4 Å². The summed E-state index contributed by atoms with van der Waals surface area (Å²) >= 11 is 0. The highest BCUT2D eigenvalue weighted by Gasteiger charge is 2.54. The summed E-state index contributed by atoms with van der Waals surface area (Å²) in [5.74, 6) is -0.502. The monoisotopic (exact) mass is 449 g/mol. The zero-order valence-corrected chi connectivity index (χ0v) is 19.4. The van der Waals surface area contributed by atoms with Crippen molar-refractivity contribution < 1.29 is 19.1 Å². The summed E-state index contributed by atoms with van der Waals surface area (Å²) in [7, 11) is 0. The molecule has 2 aromatic carbocycles. The summed E-state index contributed by atoms with van der Waals surface area (Å²) in [6, 6.07) is 15.8. The van der Waals surface area contributed by atoms with Crippen molar-refractivity contribution in [1.29, 1.82) is 0 Å². The molecule has 2 aliphatic heterocycles. The van der Waals surface area contributed by atoms with Crippen molar-refractivity contribution in [2.24, 2.45) is 5.92 Å². The summed E-state index contributed by atoms with van der Waals surface area (Å²) in [6.07, 6.45) is 0.941. The third-order valence-corrected chi connectivity index (χ3v) is 6.47. The third kappa shape index (κ3) is 4.64. The van der Waals surface area contributed by atoms with Gasteiger partial charge in [-0.15, -0.1) is 0 Å². The molecule has 4 rings (SSSR count). The molecule has 2 aliphatic rings. The number of carbonyl (C=O) groups excluding carboxylic acids is 3. The van der Waals surface area contributed by atoms with Gasteiger partial charge in [-0.3, -0.25) is 19.3 Å². The summed E-state index contributed by atoms with van der Waals surface area (Å²) in [6.45, 7) is 6.85. The first-order valence-electron chi connectivity index (χ1n) is 11.5. The lowest BCUT2D eigenvalue weighted by Gasteiger charge is -2.44. The zero-order chi connectivity index (χ0) is 23.6. The molecule has 0 unspecified atom stereocenters. The van der Waals surface area contributed by atoms with Crippen LogP contribution in [0.25, 0.3) is 0 Å². The van der Waals surface area contributed by atoms with E-state index in [1.165, 1.54) is 0 Å². The highest BCUT2D eigenvalue weighted by Crippen LogP contribution is 2.39. The number of anilines is 1. The van der Waals surface area contributed by atoms with Gasteiger partial charge < -0.3 is 15.0 Å². The molecule has 0 saturated carbocycles. The summed E-state index contributed by atoms with van der Waals surface area (Å²) < 4.78 is 6.22. The molecule has 0 bridgehead atoms. The number of aryl methyl sites for hydroxylation is 1. The number of ether oxygens (including phenoxy) is 1. The Labute approximate surface area is 194 Å². The predicted octanol–water partition coefficient (Wildman–Crippen LogP) is 3.45. The second-order valence-electron chi connectivity index (χ2n) is 9.15. The molecule has 0 aliphatic carbocycles. The van der Waals surface area contributed by atoms with Crippen LogP contribution >= 0.6 is 0 Å². The second-order valence-corrected chi connectivity index (χ2v) is 9.15. The molecule has 33 heavy (non-hydrogen) atoms. The van der Waals surface area contributed by atoms with Crippen molar-refractivity contribution in [3.63, 3.8) is 0 Å². The van der Waals surface area contributed by atoms with Crippen LogP contribution < -0.4 is 5.32 Å². The van der Waals surface area contributed by atoms with Crippen LogP contribution in [0.1, 0.15) is 42.6 Å². The number of hydrogen-bond acceptors (Lipinski definition) is 4. The van der Waals surface area contributed by atoms with Gasteiger partial charge >= 0.3 is 0 Å². The smallest absolute Gasteiger partial charge is 0.256 e. The number of piperidine rings is 1. The third-order valence-electron chi connectivity index (χ3n) is 6.47. The van der Waals surface area contributed by atoms with Crippen LogP contribution in [0.3, 0.4) is 0 Å². The number of nitrogens with zero attached hydrogens (tertiary/aromatic N) is 2. The first-order chi connectivity index (χ1) is 15.8. The Kier molecular flexibility index (Phi) is 6.51. The zero-order valence-electron chi connectivity index (χ0n) is 19.4. The van der Waals surface area contributed by atoms with E-state index in [0.717, 1.165) is 5.56 Å². The van der Waals surface area contributed by atoms with E-state index in [-0.39, 0.29) is 30.2 Å². The van der Waals surface area contributed by atoms with Crippen LogP contribution in [-0.2, 0) is 14.3 Å². The second kappa shape index (κ2) is 9.35. The molecule has 2 aromatic rings. The molecule has 1 spiro atoms. The van der Waals surface area contributed by atoms with Crippen LogP contribution in [-0.4, -0.2) is 59.0 Å². The van der Waals surface area contributed by atoms with Gasteiger partial charge in [0.15, 0.2) is 0 Å². The largest absolute Gasteiger partial charge is 0.353 e. The minimum atomic E-state index is -0.907. The van der Waals surface area contributed by atoms with Crippen LogP contribution in [0.2, 0.25) is 0 Å². The number of amides is 3. The van der Waals surface area contributed by atoms with E-state index in [9.17, 15) is 14.4 Å². The van der Waals surface area contributed by atoms with Gasteiger partial charge in [0, 0.05) is 43.1 Å². The normalized spacial score (nSPS) is 19.7. The number of rotatable bonds is 4. The molecule has 7 nitrogen and oxygen atoms in total. The van der Waals surface area contributed by atoms with Gasteiger partial charge in [0.25, 0.3) is 5.91 Å². The first kappa shape index (κ1) is 23.0. The number of likely N-dealkylation sites (tertiary alicyclic amines) is 1. The number of benzene rings is 2. The Morgan fingerprint density at radius 2 is 1.64 bits per heavy atom.